The molecule has 308 valence electrons. The highest BCUT2D eigenvalue weighted by molar-refractivity contribution is 5.80. The van der Waals surface area contributed by atoms with E-state index in [2.05, 4.69) is 31.0 Å². The van der Waals surface area contributed by atoms with Crippen LogP contribution < -0.4 is 5.32 Å². The quantitative estimate of drug-likeness (QED) is 0.0274. The molecule has 0 heterocycles. The molecule has 7 heteroatoms. The van der Waals surface area contributed by atoms with Gasteiger partial charge in [0, 0.05) is 0 Å². The molecule has 0 aliphatic carbocycles. The molecule has 0 saturated heterocycles. The van der Waals surface area contributed by atoms with E-state index in [1.54, 1.807) is 0 Å². The van der Waals surface area contributed by atoms with Gasteiger partial charge in [0.15, 0.2) is 0 Å². The molecule has 0 unspecified atom stereocenters. The van der Waals surface area contributed by atoms with Crippen molar-refractivity contribution in [2.45, 2.75) is 249 Å². The van der Waals surface area contributed by atoms with Gasteiger partial charge in [-0.3, -0.25) is 4.79 Å². The van der Waals surface area contributed by atoms with Gasteiger partial charge in [0.2, 0.25) is 5.91 Å². The molecule has 1 amide bonds. The first-order chi connectivity index (χ1) is 25.4. The minimum Gasteiger partial charge on any atom is -0.394 e. The lowest BCUT2D eigenvalue weighted by Crippen LogP contribution is -2.55. The van der Waals surface area contributed by atoms with Crippen molar-refractivity contribution in [2.75, 3.05) is 6.61 Å². The van der Waals surface area contributed by atoms with Crippen LogP contribution in [0.15, 0.2) is 24.8 Å². The Labute approximate surface area is 321 Å². The average Bonchev–Trinajstić information content (AvgIpc) is 3.15. The molecule has 7 nitrogen and oxygen atoms in total. The summed E-state index contributed by atoms with van der Waals surface area (Å²) in [5.74, 6) is -0.674. The van der Waals surface area contributed by atoms with Crippen molar-refractivity contribution in [2.24, 2.45) is 0 Å². The molecule has 0 bridgehead atoms. The topological polar surface area (TPSA) is 130 Å². The highest BCUT2D eigenvalue weighted by Crippen LogP contribution is 2.17. The van der Waals surface area contributed by atoms with Crippen LogP contribution in [-0.4, -0.2) is 68.5 Å². The smallest absolute Gasteiger partial charge is 0.249 e. The maximum atomic E-state index is 12.5. The molecule has 0 fully saturated rings. The molecule has 0 saturated carbocycles. The number of allylic oxidation sites excluding steroid dienone is 3. The van der Waals surface area contributed by atoms with Crippen molar-refractivity contribution in [3.63, 3.8) is 0 Å². The van der Waals surface area contributed by atoms with Crippen LogP contribution in [-0.2, 0) is 4.79 Å². The second-order valence-corrected chi connectivity index (χ2v) is 15.6. The number of carbonyl (C=O) groups is 1. The van der Waals surface area contributed by atoms with Crippen molar-refractivity contribution < 1.29 is 30.3 Å². The van der Waals surface area contributed by atoms with Crippen LogP contribution in [0, 0.1) is 0 Å². The third-order valence-corrected chi connectivity index (χ3v) is 10.6. The Bertz CT molecular complexity index is 792. The van der Waals surface area contributed by atoms with Gasteiger partial charge in [0.05, 0.1) is 18.8 Å². The van der Waals surface area contributed by atoms with Crippen LogP contribution >= 0.6 is 0 Å². The number of rotatable bonds is 41. The van der Waals surface area contributed by atoms with E-state index in [9.17, 15) is 30.3 Å². The fourth-order valence-corrected chi connectivity index (χ4v) is 6.99. The standard InChI is InChI=1S/C45H87NO6/c1-3-5-7-9-11-13-15-17-19-20-21-22-23-24-26-28-30-32-34-36-38-42(49)45(52)46-40(39-47)43(50)44(51)41(48)37-35-33-31-29-27-25-18-16-14-12-10-8-6-4-2/h3,23-24,40-44,47-51H,1,4-22,25-39H2,2H3,(H,46,52)/b24-23+/t40-,41+,42+,43-,44+/m0/s1. The van der Waals surface area contributed by atoms with Crippen LogP contribution in [0.25, 0.3) is 0 Å². The van der Waals surface area contributed by atoms with E-state index < -0.39 is 43.0 Å². The fourth-order valence-electron chi connectivity index (χ4n) is 6.99. The van der Waals surface area contributed by atoms with E-state index in [1.165, 1.54) is 135 Å². The monoisotopic (exact) mass is 738 g/mol. The van der Waals surface area contributed by atoms with Crippen LogP contribution in [0.4, 0.5) is 0 Å². The normalized spacial score (nSPS) is 14.7. The summed E-state index contributed by atoms with van der Waals surface area (Å²) in [6, 6.07) is -1.16. The number of nitrogens with one attached hydrogen (secondary N) is 1. The molecule has 52 heavy (non-hydrogen) atoms. The van der Waals surface area contributed by atoms with E-state index >= 15 is 0 Å². The van der Waals surface area contributed by atoms with E-state index in [0.717, 1.165) is 57.8 Å². The molecule has 0 radical (unpaired) electrons. The molecular weight excluding hydrogens is 650 g/mol. The zero-order valence-corrected chi connectivity index (χ0v) is 34.0. The predicted molar refractivity (Wildman–Crippen MR) is 220 cm³/mol. The maximum absolute atomic E-state index is 12.5. The van der Waals surface area contributed by atoms with Gasteiger partial charge < -0.3 is 30.8 Å². The minimum absolute atomic E-state index is 0.306. The fraction of sp³-hybridized carbons (Fsp3) is 0.889. The van der Waals surface area contributed by atoms with E-state index in [-0.39, 0.29) is 0 Å². The zero-order chi connectivity index (χ0) is 38.3. The van der Waals surface area contributed by atoms with E-state index in [4.69, 9.17) is 0 Å². The summed E-state index contributed by atoms with van der Waals surface area (Å²) >= 11 is 0. The SMILES string of the molecule is C=CCCCCCCCCCCC/C=C/CCCCCCC[C@@H](O)C(=O)N[C@@H](CO)[C@H](O)[C@H](O)[C@H](O)CCCCCCCCCCCCCCCC. The molecule has 0 rings (SSSR count). The Kier molecular flexibility index (Phi) is 38.5. The Hall–Kier alpha value is -1.25. The zero-order valence-electron chi connectivity index (χ0n) is 34.0. The second-order valence-electron chi connectivity index (χ2n) is 15.6. The Morgan fingerprint density at radius 2 is 0.885 bits per heavy atom. The lowest BCUT2D eigenvalue weighted by molar-refractivity contribution is -0.134. The first kappa shape index (κ1) is 50.8. The average molecular weight is 738 g/mol. The molecule has 0 aromatic heterocycles. The molecule has 5 atom stereocenters. The molecule has 0 aromatic carbocycles. The summed E-state index contributed by atoms with van der Waals surface area (Å²) in [5, 5.41) is 54.1. The van der Waals surface area contributed by atoms with Gasteiger partial charge in [-0.05, 0) is 51.4 Å². The van der Waals surface area contributed by atoms with Gasteiger partial charge in [0.25, 0.3) is 0 Å². The van der Waals surface area contributed by atoms with E-state index in [1.807, 2.05) is 6.08 Å². The maximum Gasteiger partial charge on any atom is 0.249 e. The summed E-state index contributed by atoms with van der Waals surface area (Å²) in [4.78, 5) is 12.5. The van der Waals surface area contributed by atoms with Crippen molar-refractivity contribution in [1.29, 1.82) is 0 Å². The van der Waals surface area contributed by atoms with Crippen molar-refractivity contribution in [1.82, 2.24) is 5.32 Å². The molecular formula is C45H87NO6. The number of amides is 1. The summed E-state index contributed by atoms with van der Waals surface area (Å²) in [6.45, 7) is 5.43. The van der Waals surface area contributed by atoms with Crippen molar-refractivity contribution >= 4 is 5.91 Å². The van der Waals surface area contributed by atoms with Crippen molar-refractivity contribution in [3.05, 3.63) is 24.8 Å². The number of aliphatic hydroxyl groups is 5. The predicted octanol–water partition coefficient (Wildman–Crippen LogP) is 10.5. The Morgan fingerprint density at radius 3 is 1.29 bits per heavy atom. The number of hydrogen-bond donors (Lipinski definition) is 6. The van der Waals surface area contributed by atoms with Crippen LogP contribution in [0.5, 0.6) is 0 Å². The lowest BCUT2D eigenvalue weighted by Gasteiger charge is -2.29. The molecule has 0 aliphatic rings. The molecule has 0 aromatic rings. The molecule has 6 N–H and O–H groups in total. The largest absolute Gasteiger partial charge is 0.394 e. The van der Waals surface area contributed by atoms with Crippen molar-refractivity contribution in [3.8, 4) is 0 Å². The van der Waals surface area contributed by atoms with Crippen LogP contribution in [0.2, 0.25) is 0 Å². The number of aliphatic hydroxyl groups excluding tert-OH is 5. The van der Waals surface area contributed by atoms with Crippen LogP contribution in [0.1, 0.15) is 219 Å². The second kappa shape index (κ2) is 39.4. The summed E-state index contributed by atoms with van der Waals surface area (Å²) in [5.41, 5.74) is 0. The molecule has 0 spiro atoms. The third kappa shape index (κ3) is 32.2. The first-order valence-electron chi connectivity index (χ1n) is 22.3. The summed E-state index contributed by atoms with van der Waals surface area (Å²) in [6.07, 6.45) is 39.6. The third-order valence-electron chi connectivity index (χ3n) is 10.6. The lowest BCUT2D eigenvalue weighted by atomic mass is 9.96. The Balaban J connectivity index is 3.83. The summed E-state index contributed by atoms with van der Waals surface area (Å²) in [7, 11) is 0. The summed E-state index contributed by atoms with van der Waals surface area (Å²) < 4.78 is 0. The van der Waals surface area contributed by atoms with Gasteiger partial charge >= 0.3 is 0 Å². The van der Waals surface area contributed by atoms with Gasteiger partial charge in [0.1, 0.15) is 18.3 Å². The number of carbonyl (C=O) groups excluding carboxylic acids is 1. The highest BCUT2D eigenvalue weighted by Gasteiger charge is 2.32. The van der Waals surface area contributed by atoms with Crippen LogP contribution in [0.3, 0.4) is 0 Å². The Morgan fingerprint density at radius 1 is 0.519 bits per heavy atom. The van der Waals surface area contributed by atoms with Gasteiger partial charge in [-0.1, -0.05) is 186 Å². The van der Waals surface area contributed by atoms with Gasteiger partial charge in [-0.15, -0.1) is 6.58 Å². The minimum atomic E-state index is -1.53. The highest BCUT2D eigenvalue weighted by atomic mass is 16.4. The number of unbranched alkanes of at least 4 members (excludes halogenated alkanes) is 28. The number of hydrogen-bond acceptors (Lipinski definition) is 6. The first-order valence-corrected chi connectivity index (χ1v) is 22.3. The van der Waals surface area contributed by atoms with Gasteiger partial charge in [-0.2, -0.15) is 0 Å². The van der Waals surface area contributed by atoms with E-state index in [0.29, 0.717) is 19.3 Å². The van der Waals surface area contributed by atoms with Gasteiger partial charge in [-0.25, -0.2) is 0 Å². The molecule has 0 aliphatic heterocycles.